The van der Waals surface area contributed by atoms with E-state index in [2.05, 4.69) is 9.44 Å². The molecule has 1 saturated heterocycles. The lowest BCUT2D eigenvalue weighted by molar-refractivity contribution is -0.205. The zero-order valence-corrected chi connectivity index (χ0v) is 14.9. The molecule has 0 spiro atoms. The lowest BCUT2D eigenvalue weighted by Gasteiger charge is -2.39. The second kappa shape index (κ2) is 9.29. The van der Waals surface area contributed by atoms with Crippen LogP contribution in [0.5, 0.6) is 0 Å². The zero-order chi connectivity index (χ0) is 18.5. The van der Waals surface area contributed by atoms with Gasteiger partial charge in [-0.3, -0.25) is 4.55 Å². The van der Waals surface area contributed by atoms with Crippen molar-refractivity contribution in [3.8, 4) is 0 Å². The van der Waals surface area contributed by atoms with E-state index in [0.717, 1.165) is 11.8 Å². The maximum atomic E-state index is 10.7. The molecule has 0 radical (unpaired) electrons. The molecule has 10 nitrogen and oxygen atoms in total. The number of aliphatic hydroxyl groups is 4. The molecule has 0 saturated carbocycles. The van der Waals surface area contributed by atoms with Crippen LogP contribution in [0.15, 0.2) is 5.16 Å². The quantitative estimate of drug-likeness (QED) is 0.159. The zero-order valence-electron chi connectivity index (χ0n) is 13.2. The summed E-state index contributed by atoms with van der Waals surface area (Å²) in [5, 5.41) is 42.0. The van der Waals surface area contributed by atoms with Crippen LogP contribution < -0.4 is 0 Å². The first kappa shape index (κ1) is 21.6. The van der Waals surface area contributed by atoms with Crippen LogP contribution >= 0.6 is 11.8 Å². The molecular weight excluding hydrogens is 366 g/mol. The molecule has 1 rings (SSSR count). The molecule has 1 heterocycles. The van der Waals surface area contributed by atoms with Gasteiger partial charge in [0.25, 0.3) is 0 Å². The standard InChI is InChI=1S/C12H23NO9S2/c1-6(2)3-4-8(13-22-24(18,19)20)23-12-11(17)10(16)9(15)7(5-14)21-12/h6-7,9-12,14-17H,3-5H2,1-2H3,(H,18,19,20)/t7-,9-,10+,11-,12+/m1/s1. The third-order valence-corrected chi connectivity index (χ3v) is 4.71. The van der Waals surface area contributed by atoms with Gasteiger partial charge < -0.3 is 25.2 Å². The highest BCUT2D eigenvalue weighted by Crippen LogP contribution is 2.30. The monoisotopic (exact) mass is 389 g/mol. The molecule has 1 aliphatic rings. The minimum absolute atomic E-state index is 0.102. The lowest BCUT2D eigenvalue weighted by atomic mass is 10.0. The van der Waals surface area contributed by atoms with Crippen molar-refractivity contribution in [2.24, 2.45) is 11.1 Å². The normalized spacial score (nSPS) is 32.2. The Morgan fingerprint density at radius 3 is 2.38 bits per heavy atom. The average molecular weight is 389 g/mol. The van der Waals surface area contributed by atoms with E-state index in [9.17, 15) is 23.7 Å². The molecule has 5 atom stereocenters. The Hall–Kier alpha value is -0.470. The van der Waals surface area contributed by atoms with Gasteiger partial charge in [0.1, 0.15) is 34.9 Å². The van der Waals surface area contributed by atoms with Crippen LogP contribution in [0.4, 0.5) is 0 Å². The van der Waals surface area contributed by atoms with Crippen molar-refractivity contribution in [3.63, 3.8) is 0 Å². The number of oxime groups is 1. The summed E-state index contributed by atoms with van der Waals surface area (Å²) in [5.41, 5.74) is -1.11. The van der Waals surface area contributed by atoms with E-state index in [1.807, 2.05) is 13.8 Å². The van der Waals surface area contributed by atoms with E-state index in [4.69, 9.17) is 14.4 Å². The van der Waals surface area contributed by atoms with Crippen LogP contribution in [-0.4, -0.2) is 74.9 Å². The fraction of sp³-hybridized carbons (Fsp3) is 0.917. The summed E-state index contributed by atoms with van der Waals surface area (Å²) in [4.78, 5) is 0. The Bertz CT molecular complexity index is 523. The molecule has 0 aliphatic carbocycles. The van der Waals surface area contributed by atoms with Crippen molar-refractivity contribution < 1.29 is 42.4 Å². The molecule has 0 aromatic heterocycles. The van der Waals surface area contributed by atoms with Gasteiger partial charge in [-0.1, -0.05) is 30.8 Å². The molecule has 142 valence electrons. The van der Waals surface area contributed by atoms with Crippen LogP contribution in [0.3, 0.4) is 0 Å². The Morgan fingerprint density at radius 1 is 1.25 bits per heavy atom. The molecule has 0 bridgehead atoms. The van der Waals surface area contributed by atoms with Gasteiger partial charge in [0.2, 0.25) is 0 Å². The summed E-state index contributed by atoms with van der Waals surface area (Å²) in [6.45, 7) is 3.28. The molecule has 0 amide bonds. The summed E-state index contributed by atoms with van der Waals surface area (Å²) < 4.78 is 39.2. The summed E-state index contributed by atoms with van der Waals surface area (Å²) in [7, 11) is -4.78. The van der Waals surface area contributed by atoms with Gasteiger partial charge in [0.05, 0.1) is 6.61 Å². The number of ether oxygens (including phenoxy) is 1. The first-order chi connectivity index (χ1) is 11.0. The molecule has 0 aromatic rings. The number of nitrogens with zero attached hydrogens (tertiary/aromatic N) is 1. The molecule has 1 aliphatic heterocycles. The maximum Gasteiger partial charge on any atom is 0.466 e. The van der Waals surface area contributed by atoms with E-state index >= 15 is 0 Å². The number of aliphatic hydroxyl groups excluding tert-OH is 4. The summed E-state index contributed by atoms with van der Waals surface area (Å²) in [6, 6.07) is 0. The van der Waals surface area contributed by atoms with Crippen LogP contribution in [0.1, 0.15) is 26.7 Å². The fourth-order valence-corrected chi connectivity index (χ4v) is 3.24. The summed E-state index contributed by atoms with van der Waals surface area (Å²) in [5.74, 6) is 0.260. The van der Waals surface area contributed by atoms with Gasteiger partial charge in [-0.05, 0) is 18.8 Å². The molecule has 1 fully saturated rings. The molecular formula is C12H23NO9S2. The van der Waals surface area contributed by atoms with E-state index in [-0.39, 0.29) is 17.4 Å². The highest BCUT2D eigenvalue weighted by atomic mass is 32.3. The minimum atomic E-state index is -4.78. The Balaban J connectivity index is 2.86. The van der Waals surface area contributed by atoms with Gasteiger partial charge in [0.15, 0.2) is 0 Å². The molecule has 24 heavy (non-hydrogen) atoms. The summed E-state index contributed by atoms with van der Waals surface area (Å²) >= 11 is 0.776. The van der Waals surface area contributed by atoms with Crippen molar-refractivity contribution >= 4 is 27.2 Å². The van der Waals surface area contributed by atoms with Crippen molar-refractivity contribution in [3.05, 3.63) is 0 Å². The van der Waals surface area contributed by atoms with Crippen molar-refractivity contribution in [2.75, 3.05) is 6.61 Å². The van der Waals surface area contributed by atoms with E-state index in [1.165, 1.54) is 0 Å². The predicted molar refractivity (Wildman–Crippen MR) is 85.5 cm³/mol. The molecule has 0 unspecified atom stereocenters. The van der Waals surface area contributed by atoms with E-state index in [0.29, 0.717) is 6.42 Å². The smallest absolute Gasteiger partial charge is 0.394 e. The van der Waals surface area contributed by atoms with Crippen molar-refractivity contribution in [2.45, 2.75) is 56.5 Å². The van der Waals surface area contributed by atoms with Crippen molar-refractivity contribution in [1.29, 1.82) is 0 Å². The first-order valence-corrected chi connectivity index (χ1v) is 9.49. The number of rotatable bonds is 7. The lowest BCUT2D eigenvalue weighted by Crippen LogP contribution is -2.57. The van der Waals surface area contributed by atoms with Crippen LogP contribution in [0.25, 0.3) is 0 Å². The van der Waals surface area contributed by atoms with Crippen LogP contribution in [0.2, 0.25) is 0 Å². The number of thioether (sulfide) groups is 1. The number of hydrogen-bond acceptors (Lipinski definition) is 10. The van der Waals surface area contributed by atoms with Gasteiger partial charge in [-0.2, -0.15) is 8.42 Å². The average Bonchev–Trinajstić information content (AvgIpc) is 2.49. The summed E-state index contributed by atoms with van der Waals surface area (Å²) in [6.07, 6.45) is -4.75. The van der Waals surface area contributed by atoms with Gasteiger partial charge in [-0.15, -0.1) is 0 Å². The van der Waals surface area contributed by atoms with Crippen LogP contribution in [-0.2, 0) is 19.4 Å². The van der Waals surface area contributed by atoms with E-state index in [1.54, 1.807) is 0 Å². The largest absolute Gasteiger partial charge is 0.466 e. The van der Waals surface area contributed by atoms with Gasteiger partial charge in [-0.25, -0.2) is 4.28 Å². The van der Waals surface area contributed by atoms with Gasteiger partial charge >= 0.3 is 10.4 Å². The first-order valence-electron chi connectivity index (χ1n) is 7.25. The minimum Gasteiger partial charge on any atom is -0.394 e. The topological polar surface area (TPSA) is 166 Å². The Labute approximate surface area is 144 Å². The molecule has 12 heteroatoms. The van der Waals surface area contributed by atoms with Crippen LogP contribution in [0, 0.1) is 5.92 Å². The second-order valence-electron chi connectivity index (χ2n) is 5.73. The third-order valence-electron chi connectivity index (χ3n) is 3.27. The molecule has 5 N–H and O–H groups in total. The highest BCUT2D eigenvalue weighted by Gasteiger charge is 2.44. The maximum absolute atomic E-state index is 10.7. The SMILES string of the molecule is CC(C)CCC(=NOS(=O)(=O)O)S[C@@H]1O[C@H](CO)[C@@H](O)[C@H](O)[C@H]1O. The Kier molecular flexibility index (Phi) is 8.35. The van der Waals surface area contributed by atoms with Gasteiger partial charge in [0, 0.05) is 0 Å². The predicted octanol–water partition coefficient (Wildman–Crippen LogP) is -0.911. The van der Waals surface area contributed by atoms with Crippen molar-refractivity contribution in [1.82, 2.24) is 0 Å². The molecule has 0 aromatic carbocycles. The second-order valence-corrected chi connectivity index (χ2v) is 7.91. The number of hydrogen-bond donors (Lipinski definition) is 5. The third kappa shape index (κ3) is 6.80. The van der Waals surface area contributed by atoms with E-state index < -0.39 is 46.9 Å². The Morgan fingerprint density at radius 2 is 1.88 bits per heavy atom. The fourth-order valence-electron chi connectivity index (χ4n) is 1.93. The highest BCUT2D eigenvalue weighted by molar-refractivity contribution is 8.14.